The summed E-state index contributed by atoms with van der Waals surface area (Å²) in [5.41, 5.74) is 13.2. The summed E-state index contributed by atoms with van der Waals surface area (Å²) in [5, 5.41) is 25.5. The van der Waals surface area contributed by atoms with E-state index in [1.165, 1.54) is 0 Å². The van der Waals surface area contributed by atoms with Crippen LogP contribution in [0.25, 0.3) is 0 Å². The summed E-state index contributed by atoms with van der Waals surface area (Å²) in [6.07, 6.45) is 0. The molecule has 154 valence electrons. The number of nitrogen functional groups attached to an aromatic ring is 2. The predicted molar refractivity (Wildman–Crippen MR) is 101 cm³/mol. The predicted octanol–water partition coefficient (Wildman–Crippen LogP) is -0.368. The van der Waals surface area contributed by atoms with E-state index in [-0.39, 0.29) is 5.95 Å². The van der Waals surface area contributed by atoms with Gasteiger partial charge in [-0.05, 0) is 6.92 Å². The Morgan fingerprint density at radius 2 is 1.30 bits per heavy atom. The number of rotatable bonds is 1. The maximum Gasteiger partial charge on any atom is 0.300 e. The van der Waals surface area contributed by atoms with E-state index >= 15 is 0 Å². The van der Waals surface area contributed by atoms with Gasteiger partial charge in [0.2, 0.25) is 5.95 Å². The number of aromatic nitrogens is 2. The summed E-state index contributed by atoms with van der Waals surface area (Å²) in [5.74, 6) is -1.79. The molecule has 27 heavy (non-hydrogen) atoms. The number of carbonyl (C=O) groups is 3. The molecule has 0 unspecified atom stereocenters. The van der Waals surface area contributed by atoms with Gasteiger partial charge in [0.05, 0.1) is 5.69 Å². The Balaban J connectivity index is 0. The fourth-order valence-electron chi connectivity index (χ4n) is 1.89. The van der Waals surface area contributed by atoms with Gasteiger partial charge < -0.3 is 37.0 Å². The quantitative estimate of drug-likeness (QED) is 0.364. The van der Waals surface area contributed by atoms with E-state index in [0.29, 0.717) is 5.82 Å². The summed E-state index contributed by atoms with van der Waals surface area (Å²) in [6.45, 7) is 8.94. The number of hydrogen-bond acceptors (Lipinski definition) is 9. The average Bonchev–Trinajstić information content (AvgIpc) is 2.45. The molecule has 0 aromatic carbocycles. The SMILES string of the molecule is CC(=O)O.CC(=O)O.CC(=O)O.Cc1nc(N)nc(N)c1N1CCNCC1. The average molecular weight is 388 g/mol. The second-order valence-corrected chi connectivity index (χ2v) is 5.20. The maximum absolute atomic E-state index is 9.00. The second-order valence-electron chi connectivity index (χ2n) is 5.20. The zero-order valence-electron chi connectivity index (χ0n) is 15.9. The van der Waals surface area contributed by atoms with E-state index in [2.05, 4.69) is 20.2 Å². The molecular formula is C15H28N6O6. The Morgan fingerprint density at radius 3 is 1.63 bits per heavy atom. The van der Waals surface area contributed by atoms with Gasteiger partial charge in [0.15, 0.2) is 5.82 Å². The van der Waals surface area contributed by atoms with Crippen molar-refractivity contribution in [2.24, 2.45) is 0 Å². The second kappa shape index (κ2) is 14.1. The molecule has 1 aromatic rings. The van der Waals surface area contributed by atoms with E-state index in [0.717, 1.165) is 58.3 Å². The standard InChI is InChI=1S/C9H16N6.3C2H4O2/c1-6-7(8(10)14-9(11)13-6)15-4-2-12-3-5-15;3*1-2(3)4/h12H,2-5H2,1H3,(H4,10,11,13,14);3*1H3,(H,3,4). The molecule has 12 nitrogen and oxygen atoms in total. The zero-order chi connectivity index (χ0) is 21.6. The van der Waals surface area contributed by atoms with Crippen molar-refractivity contribution >= 4 is 35.4 Å². The highest BCUT2D eigenvalue weighted by Gasteiger charge is 2.17. The van der Waals surface area contributed by atoms with E-state index in [1.807, 2.05) is 6.92 Å². The molecule has 12 heteroatoms. The third kappa shape index (κ3) is 16.1. The van der Waals surface area contributed by atoms with Gasteiger partial charge >= 0.3 is 0 Å². The van der Waals surface area contributed by atoms with Gasteiger partial charge in [-0.3, -0.25) is 14.4 Å². The molecular weight excluding hydrogens is 360 g/mol. The van der Waals surface area contributed by atoms with E-state index in [1.54, 1.807) is 0 Å². The third-order valence-corrected chi connectivity index (χ3v) is 2.54. The molecule has 2 heterocycles. The molecule has 0 atom stereocenters. The van der Waals surface area contributed by atoms with Crippen LogP contribution in [0.1, 0.15) is 26.5 Å². The molecule has 0 spiro atoms. The van der Waals surface area contributed by atoms with Gasteiger partial charge in [-0.1, -0.05) is 0 Å². The summed E-state index contributed by atoms with van der Waals surface area (Å²) in [6, 6.07) is 0. The van der Waals surface area contributed by atoms with Crippen LogP contribution in [0.2, 0.25) is 0 Å². The molecule has 1 aliphatic heterocycles. The molecule has 2 rings (SSSR count). The lowest BCUT2D eigenvalue weighted by Crippen LogP contribution is -2.44. The van der Waals surface area contributed by atoms with Crippen LogP contribution in [0.5, 0.6) is 0 Å². The maximum atomic E-state index is 9.00. The van der Waals surface area contributed by atoms with Gasteiger partial charge in [-0.25, -0.2) is 4.98 Å². The molecule has 8 N–H and O–H groups in total. The van der Waals surface area contributed by atoms with Gasteiger partial charge in [-0.2, -0.15) is 4.98 Å². The number of piperazine rings is 1. The van der Waals surface area contributed by atoms with Gasteiger partial charge in [0.25, 0.3) is 17.9 Å². The van der Waals surface area contributed by atoms with Crippen molar-refractivity contribution in [1.29, 1.82) is 0 Å². The molecule has 0 amide bonds. The summed E-state index contributed by atoms with van der Waals surface area (Å²) < 4.78 is 0. The zero-order valence-corrected chi connectivity index (χ0v) is 15.9. The number of nitrogens with two attached hydrogens (primary N) is 2. The number of aliphatic carboxylic acids is 3. The normalized spacial score (nSPS) is 12.1. The molecule has 0 aliphatic carbocycles. The lowest BCUT2D eigenvalue weighted by Gasteiger charge is -2.30. The fraction of sp³-hybridized carbons (Fsp3) is 0.533. The Hall–Kier alpha value is -3.15. The van der Waals surface area contributed by atoms with Crippen LogP contribution in [-0.4, -0.2) is 69.4 Å². The van der Waals surface area contributed by atoms with Crippen molar-refractivity contribution in [3.05, 3.63) is 5.69 Å². The molecule has 0 saturated carbocycles. The molecule has 1 fully saturated rings. The largest absolute Gasteiger partial charge is 0.481 e. The number of aryl methyl sites for hydroxylation is 1. The number of carboxylic acid groups (broad SMARTS) is 3. The van der Waals surface area contributed by atoms with E-state index in [9.17, 15) is 0 Å². The Kier molecular flexibility index (Phi) is 13.6. The fourth-order valence-corrected chi connectivity index (χ4v) is 1.89. The highest BCUT2D eigenvalue weighted by molar-refractivity contribution is 5.67. The van der Waals surface area contributed by atoms with E-state index < -0.39 is 17.9 Å². The van der Waals surface area contributed by atoms with Crippen molar-refractivity contribution in [3.63, 3.8) is 0 Å². The first-order chi connectivity index (χ1) is 12.4. The lowest BCUT2D eigenvalue weighted by atomic mass is 10.2. The van der Waals surface area contributed by atoms with Crippen LogP contribution in [0.15, 0.2) is 0 Å². The van der Waals surface area contributed by atoms with Crippen molar-refractivity contribution < 1.29 is 29.7 Å². The van der Waals surface area contributed by atoms with Crippen molar-refractivity contribution in [3.8, 4) is 0 Å². The lowest BCUT2D eigenvalue weighted by molar-refractivity contribution is -0.135. The van der Waals surface area contributed by atoms with Crippen LogP contribution < -0.4 is 21.7 Å². The van der Waals surface area contributed by atoms with Crippen LogP contribution >= 0.6 is 0 Å². The smallest absolute Gasteiger partial charge is 0.300 e. The molecule has 1 aliphatic rings. The van der Waals surface area contributed by atoms with Crippen LogP contribution in [-0.2, 0) is 14.4 Å². The van der Waals surface area contributed by atoms with Crippen LogP contribution in [0.4, 0.5) is 17.5 Å². The van der Waals surface area contributed by atoms with Crippen molar-refractivity contribution in [2.75, 3.05) is 42.5 Å². The topological polar surface area (TPSA) is 205 Å². The van der Waals surface area contributed by atoms with Gasteiger partial charge in [-0.15, -0.1) is 0 Å². The molecule has 1 aromatic heterocycles. The Bertz CT molecular complexity index is 555. The number of carboxylic acids is 3. The summed E-state index contributed by atoms with van der Waals surface area (Å²) in [7, 11) is 0. The number of anilines is 3. The third-order valence-electron chi connectivity index (χ3n) is 2.54. The number of nitrogens with one attached hydrogen (secondary N) is 1. The van der Waals surface area contributed by atoms with Crippen molar-refractivity contribution in [1.82, 2.24) is 15.3 Å². The first kappa shape index (κ1) is 26.1. The minimum atomic E-state index is -0.833. The highest BCUT2D eigenvalue weighted by atomic mass is 16.4. The van der Waals surface area contributed by atoms with E-state index in [4.69, 9.17) is 41.2 Å². The van der Waals surface area contributed by atoms with Gasteiger partial charge in [0, 0.05) is 47.0 Å². The number of hydrogen-bond donors (Lipinski definition) is 6. The Labute approximate surface area is 157 Å². The Morgan fingerprint density at radius 1 is 0.926 bits per heavy atom. The van der Waals surface area contributed by atoms with Crippen LogP contribution in [0.3, 0.4) is 0 Å². The first-order valence-corrected chi connectivity index (χ1v) is 7.82. The number of nitrogens with zero attached hydrogens (tertiary/aromatic N) is 3. The summed E-state index contributed by atoms with van der Waals surface area (Å²) in [4.78, 5) is 37.3. The minimum absolute atomic E-state index is 0.240. The monoisotopic (exact) mass is 388 g/mol. The summed E-state index contributed by atoms with van der Waals surface area (Å²) >= 11 is 0. The minimum Gasteiger partial charge on any atom is -0.481 e. The van der Waals surface area contributed by atoms with Crippen LogP contribution in [0, 0.1) is 6.92 Å². The molecule has 1 saturated heterocycles. The highest BCUT2D eigenvalue weighted by Crippen LogP contribution is 2.25. The van der Waals surface area contributed by atoms with Crippen molar-refractivity contribution in [2.45, 2.75) is 27.7 Å². The van der Waals surface area contributed by atoms with Gasteiger partial charge in [0.1, 0.15) is 5.69 Å². The molecule has 0 bridgehead atoms. The first-order valence-electron chi connectivity index (χ1n) is 7.82. The molecule has 0 radical (unpaired) electrons.